The van der Waals surface area contributed by atoms with Crippen LogP contribution in [0.4, 0.5) is 0 Å². The SMILES string of the molecule is Cc1c(C)n(Cc2ccc(-c3ccccc3C(=O)OC(C)(C)C)cc2)c2ccc(C=O)cc12. The van der Waals surface area contributed by atoms with E-state index in [0.29, 0.717) is 11.1 Å². The fourth-order valence-electron chi connectivity index (χ4n) is 4.16. The van der Waals surface area contributed by atoms with Crippen molar-refractivity contribution in [3.63, 3.8) is 0 Å². The molecule has 0 aliphatic carbocycles. The number of rotatable bonds is 5. The van der Waals surface area contributed by atoms with E-state index in [4.69, 9.17) is 4.74 Å². The van der Waals surface area contributed by atoms with E-state index in [9.17, 15) is 9.59 Å². The van der Waals surface area contributed by atoms with Gasteiger partial charge >= 0.3 is 5.97 Å². The van der Waals surface area contributed by atoms with Crippen LogP contribution in [0, 0.1) is 13.8 Å². The smallest absolute Gasteiger partial charge is 0.339 e. The predicted molar refractivity (Wildman–Crippen MR) is 133 cm³/mol. The fourth-order valence-corrected chi connectivity index (χ4v) is 4.16. The number of benzene rings is 3. The first kappa shape index (κ1) is 22.5. The Labute approximate surface area is 194 Å². The molecule has 0 atom stereocenters. The van der Waals surface area contributed by atoms with Gasteiger partial charge in [0.15, 0.2) is 0 Å². The lowest BCUT2D eigenvalue weighted by Crippen LogP contribution is -2.24. The first-order valence-electron chi connectivity index (χ1n) is 11.1. The highest BCUT2D eigenvalue weighted by atomic mass is 16.6. The van der Waals surface area contributed by atoms with Crippen molar-refractivity contribution in [1.29, 1.82) is 0 Å². The first-order chi connectivity index (χ1) is 15.7. The molecule has 0 aliphatic heterocycles. The van der Waals surface area contributed by atoms with Crippen molar-refractivity contribution in [1.82, 2.24) is 4.57 Å². The average molecular weight is 440 g/mol. The summed E-state index contributed by atoms with van der Waals surface area (Å²) in [5, 5.41) is 1.11. The quantitative estimate of drug-likeness (QED) is 0.255. The van der Waals surface area contributed by atoms with Crippen LogP contribution in [-0.4, -0.2) is 22.4 Å². The third-order valence-electron chi connectivity index (χ3n) is 5.95. The Morgan fingerprint density at radius 1 is 0.970 bits per heavy atom. The summed E-state index contributed by atoms with van der Waals surface area (Å²) >= 11 is 0. The van der Waals surface area contributed by atoms with Gasteiger partial charge in [-0.1, -0.05) is 42.5 Å². The van der Waals surface area contributed by atoms with Crippen molar-refractivity contribution in [2.24, 2.45) is 0 Å². The molecule has 0 bridgehead atoms. The van der Waals surface area contributed by atoms with Crippen LogP contribution in [-0.2, 0) is 11.3 Å². The maximum atomic E-state index is 12.7. The molecule has 4 aromatic rings. The number of carbonyl (C=O) groups excluding carboxylic acids is 2. The molecule has 4 nitrogen and oxygen atoms in total. The van der Waals surface area contributed by atoms with Crippen LogP contribution in [0.2, 0.25) is 0 Å². The molecule has 0 fully saturated rings. The Balaban J connectivity index is 1.64. The van der Waals surface area contributed by atoms with Crippen molar-refractivity contribution in [3.05, 3.63) is 94.7 Å². The molecule has 0 aliphatic rings. The van der Waals surface area contributed by atoms with Gasteiger partial charge in [0.05, 0.1) is 5.56 Å². The third kappa shape index (κ3) is 4.61. The minimum Gasteiger partial charge on any atom is -0.456 e. The van der Waals surface area contributed by atoms with Crippen LogP contribution in [0.15, 0.2) is 66.7 Å². The zero-order valence-corrected chi connectivity index (χ0v) is 19.8. The van der Waals surface area contributed by atoms with Crippen molar-refractivity contribution >= 4 is 23.2 Å². The highest BCUT2D eigenvalue weighted by Crippen LogP contribution is 2.29. The van der Waals surface area contributed by atoms with Crippen molar-refractivity contribution < 1.29 is 14.3 Å². The summed E-state index contributed by atoms with van der Waals surface area (Å²) in [6.45, 7) is 10.6. The molecule has 0 unspecified atom stereocenters. The lowest BCUT2D eigenvalue weighted by atomic mass is 9.98. The number of esters is 1. The zero-order chi connectivity index (χ0) is 23.8. The van der Waals surface area contributed by atoms with Crippen LogP contribution in [0.5, 0.6) is 0 Å². The molecule has 0 radical (unpaired) electrons. The number of carbonyl (C=O) groups is 2. The maximum absolute atomic E-state index is 12.7. The number of hydrogen-bond acceptors (Lipinski definition) is 3. The molecule has 33 heavy (non-hydrogen) atoms. The summed E-state index contributed by atoms with van der Waals surface area (Å²) < 4.78 is 7.88. The van der Waals surface area contributed by atoms with Gasteiger partial charge in [0, 0.05) is 28.7 Å². The summed E-state index contributed by atoms with van der Waals surface area (Å²) in [6, 6.07) is 21.7. The van der Waals surface area contributed by atoms with E-state index in [-0.39, 0.29) is 5.97 Å². The molecule has 0 N–H and O–H groups in total. The van der Waals surface area contributed by atoms with E-state index in [1.165, 1.54) is 11.3 Å². The summed E-state index contributed by atoms with van der Waals surface area (Å²) in [5.41, 5.74) is 7.20. The van der Waals surface area contributed by atoms with Crippen LogP contribution < -0.4 is 0 Å². The normalized spacial score (nSPS) is 11.5. The number of aryl methyl sites for hydroxylation is 1. The first-order valence-corrected chi connectivity index (χ1v) is 11.1. The molecule has 1 aromatic heterocycles. The highest BCUT2D eigenvalue weighted by molar-refractivity contribution is 5.97. The Bertz CT molecular complexity index is 1340. The van der Waals surface area contributed by atoms with E-state index in [1.54, 1.807) is 0 Å². The number of hydrogen-bond donors (Lipinski definition) is 0. The molecule has 0 saturated heterocycles. The molecule has 0 amide bonds. The largest absolute Gasteiger partial charge is 0.456 e. The fraction of sp³-hybridized carbons (Fsp3) is 0.241. The molecule has 168 valence electrons. The Kier molecular flexibility index (Phi) is 5.94. The topological polar surface area (TPSA) is 48.3 Å². The van der Waals surface area contributed by atoms with Gasteiger partial charge in [-0.25, -0.2) is 4.79 Å². The molecule has 3 aromatic carbocycles. The summed E-state index contributed by atoms with van der Waals surface area (Å²) in [5.74, 6) is -0.318. The number of aromatic nitrogens is 1. The van der Waals surface area contributed by atoms with Crippen LogP contribution >= 0.6 is 0 Å². The van der Waals surface area contributed by atoms with E-state index >= 15 is 0 Å². The van der Waals surface area contributed by atoms with Gasteiger partial charge < -0.3 is 9.30 Å². The highest BCUT2D eigenvalue weighted by Gasteiger charge is 2.20. The molecular weight excluding hydrogens is 410 g/mol. The molecular formula is C29H29NO3. The standard InChI is InChI=1S/C29H29NO3/c1-19-20(2)30(27-15-12-22(18-31)16-26(19)27)17-21-10-13-23(14-11-21)24-8-6-7-9-25(24)28(32)33-29(3,4)5/h6-16,18H,17H2,1-5H3. The monoisotopic (exact) mass is 439 g/mol. The van der Waals surface area contributed by atoms with Gasteiger partial charge in [0.1, 0.15) is 11.9 Å². The zero-order valence-electron chi connectivity index (χ0n) is 19.8. The van der Waals surface area contributed by atoms with Gasteiger partial charge in [-0.05, 0) is 81.1 Å². The molecule has 1 heterocycles. The van der Waals surface area contributed by atoms with Crippen molar-refractivity contribution in [2.75, 3.05) is 0 Å². The van der Waals surface area contributed by atoms with Gasteiger partial charge in [0.25, 0.3) is 0 Å². The van der Waals surface area contributed by atoms with Crippen LogP contribution in [0.1, 0.15) is 58.3 Å². The number of nitrogens with zero attached hydrogens (tertiary/aromatic N) is 1. The Hall–Kier alpha value is -3.66. The third-order valence-corrected chi connectivity index (χ3v) is 5.95. The average Bonchev–Trinajstić information content (AvgIpc) is 3.02. The second-order valence-electron chi connectivity index (χ2n) is 9.44. The van der Waals surface area contributed by atoms with Gasteiger partial charge in [-0.15, -0.1) is 0 Å². The lowest BCUT2D eigenvalue weighted by Gasteiger charge is -2.20. The number of aldehydes is 1. The van der Waals surface area contributed by atoms with Crippen molar-refractivity contribution in [2.45, 2.75) is 46.8 Å². The lowest BCUT2D eigenvalue weighted by molar-refractivity contribution is 0.00703. The van der Waals surface area contributed by atoms with Crippen LogP contribution in [0.25, 0.3) is 22.0 Å². The predicted octanol–water partition coefficient (Wildman–Crippen LogP) is 6.74. The number of fused-ring (bicyclic) bond motifs is 1. The van der Waals surface area contributed by atoms with Crippen molar-refractivity contribution in [3.8, 4) is 11.1 Å². The number of ether oxygens (including phenoxy) is 1. The minimum atomic E-state index is -0.546. The molecule has 0 saturated carbocycles. The van der Waals surface area contributed by atoms with E-state index in [1.807, 2.05) is 63.2 Å². The second kappa shape index (κ2) is 8.70. The van der Waals surface area contributed by atoms with E-state index in [0.717, 1.165) is 40.4 Å². The van der Waals surface area contributed by atoms with E-state index < -0.39 is 5.60 Å². The van der Waals surface area contributed by atoms with Gasteiger partial charge in [-0.2, -0.15) is 0 Å². The van der Waals surface area contributed by atoms with E-state index in [2.05, 4.69) is 42.7 Å². The summed E-state index contributed by atoms with van der Waals surface area (Å²) in [4.78, 5) is 23.9. The summed E-state index contributed by atoms with van der Waals surface area (Å²) in [7, 11) is 0. The molecule has 4 heteroatoms. The van der Waals surface area contributed by atoms with Crippen LogP contribution in [0.3, 0.4) is 0 Å². The minimum absolute atomic E-state index is 0.318. The molecule has 4 rings (SSSR count). The molecule has 0 spiro atoms. The summed E-state index contributed by atoms with van der Waals surface area (Å²) in [6.07, 6.45) is 0.888. The Morgan fingerprint density at radius 3 is 2.33 bits per heavy atom. The second-order valence-corrected chi connectivity index (χ2v) is 9.44. The van der Waals surface area contributed by atoms with Gasteiger partial charge in [0.2, 0.25) is 0 Å². The van der Waals surface area contributed by atoms with Gasteiger partial charge in [-0.3, -0.25) is 4.79 Å². The Morgan fingerprint density at radius 2 is 1.67 bits per heavy atom. The maximum Gasteiger partial charge on any atom is 0.339 e.